The molecule has 5 heteroatoms. The summed E-state index contributed by atoms with van der Waals surface area (Å²) in [5.74, 6) is -0.169. The van der Waals surface area contributed by atoms with E-state index in [9.17, 15) is 4.39 Å². The van der Waals surface area contributed by atoms with E-state index in [2.05, 4.69) is 12.2 Å². The molecule has 1 aromatic rings. The lowest BCUT2D eigenvalue weighted by Gasteiger charge is -2.36. The number of hydrogen-bond donors (Lipinski definition) is 2. The van der Waals surface area contributed by atoms with E-state index in [4.69, 9.17) is 15.2 Å². The van der Waals surface area contributed by atoms with Gasteiger partial charge in [0.15, 0.2) is 11.6 Å². The average molecular weight is 282 g/mol. The topological polar surface area (TPSA) is 56.5 Å². The summed E-state index contributed by atoms with van der Waals surface area (Å²) in [6.07, 6.45) is 2.63. The van der Waals surface area contributed by atoms with Crippen molar-refractivity contribution in [3.63, 3.8) is 0 Å². The number of halogens is 1. The molecule has 0 saturated carbocycles. The normalized spacial score (nSPS) is 17.8. The molecule has 0 aliphatic carbocycles. The predicted octanol–water partition coefficient (Wildman–Crippen LogP) is 3.18. The zero-order chi connectivity index (χ0) is 14.6. The van der Waals surface area contributed by atoms with Crippen molar-refractivity contribution in [1.82, 2.24) is 0 Å². The molecule has 1 fully saturated rings. The van der Waals surface area contributed by atoms with Crippen molar-refractivity contribution in [3.05, 3.63) is 17.9 Å². The zero-order valence-electron chi connectivity index (χ0n) is 12.2. The fourth-order valence-electron chi connectivity index (χ4n) is 2.27. The Morgan fingerprint density at radius 3 is 2.75 bits per heavy atom. The Morgan fingerprint density at radius 1 is 1.40 bits per heavy atom. The minimum absolute atomic E-state index is 0.0772. The van der Waals surface area contributed by atoms with Gasteiger partial charge in [-0.05, 0) is 26.2 Å². The smallest absolute Gasteiger partial charge is 0.167 e. The van der Waals surface area contributed by atoms with Crippen LogP contribution >= 0.6 is 0 Å². The molecule has 0 bridgehead atoms. The van der Waals surface area contributed by atoms with E-state index >= 15 is 0 Å². The third kappa shape index (κ3) is 3.54. The largest absolute Gasteiger partial charge is 0.490 e. The van der Waals surface area contributed by atoms with Crippen LogP contribution in [0.25, 0.3) is 0 Å². The van der Waals surface area contributed by atoms with Gasteiger partial charge < -0.3 is 20.5 Å². The Balaban J connectivity index is 2.17. The molecule has 0 aromatic heterocycles. The first-order valence-electron chi connectivity index (χ1n) is 7.12. The van der Waals surface area contributed by atoms with E-state index < -0.39 is 5.82 Å². The fourth-order valence-corrected chi connectivity index (χ4v) is 2.27. The Labute approximate surface area is 119 Å². The average Bonchev–Trinajstić information content (AvgIpc) is 2.41. The molecular weight excluding hydrogens is 259 g/mol. The minimum Gasteiger partial charge on any atom is -0.490 e. The summed E-state index contributed by atoms with van der Waals surface area (Å²) >= 11 is 0. The van der Waals surface area contributed by atoms with E-state index in [-0.39, 0.29) is 11.3 Å². The first-order valence-corrected chi connectivity index (χ1v) is 7.12. The quantitative estimate of drug-likeness (QED) is 0.814. The van der Waals surface area contributed by atoms with Gasteiger partial charge in [0.25, 0.3) is 0 Å². The van der Waals surface area contributed by atoms with Crippen molar-refractivity contribution in [1.29, 1.82) is 0 Å². The van der Waals surface area contributed by atoms with E-state index in [0.717, 1.165) is 38.2 Å². The lowest BCUT2D eigenvalue weighted by Crippen LogP contribution is -2.40. The van der Waals surface area contributed by atoms with Gasteiger partial charge in [0, 0.05) is 30.9 Å². The standard InChI is InChI=1S/C15H23FN2O2/c1-3-6-20-14-10-13(12(17)9-11(14)16)18-15(2)4-7-19-8-5-15/h9-10,18H,3-8,17H2,1-2H3. The lowest BCUT2D eigenvalue weighted by atomic mass is 9.92. The highest BCUT2D eigenvalue weighted by atomic mass is 19.1. The van der Waals surface area contributed by atoms with Gasteiger partial charge in [-0.2, -0.15) is 0 Å². The number of anilines is 2. The second-order valence-electron chi connectivity index (χ2n) is 5.52. The molecule has 0 atom stereocenters. The number of nitrogen functional groups attached to an aromatic ring is 1. The lowest BCUT2D eigenvalue weighted by molar-refractivity contribution is 0.0658. The van der Waals surface area contributed by atoms with Crippen LogP contribution in [0.15, 0.2) is 12.1 Å². The van der Waals surface area contributed by atoms with Gasteiger partial charge in [-0.15, -0.1) is 0 Å². The Morgan fingerprint density at radius 2 is 2.10 bits per heavy atom. The molecule has 2 rings (SSSR count). The van der Waals surface area contributed by atoms with Crippen LogP contribution in [-0.4, -0.2) is 25.4 Å². The molecule has 1 aliphatic rings. The third-order valence-electron chi connectivity index (χ3n) is 3.60. The third-order valence-corrected chi connectivity index (χ3v) is 3.60. The summed E-state index contributed by atoms with van der Waals surface area (Å²) in [6.45, 7) is 6.06. The minimum atomic E-state index is -0.418. The highest BCUT2D eigenvalue weighted by molar-refractivity contribution is 5.69. The summed E-state index contributed by atoms with van der Waals surface area (Å²) in [5, 5.41) is 3.42. The van der Waals surface area contributed by atoms with Crippen molar-refractivity contribution in [3.8, 4) is 5.75 Å². The molecular formula is C15H23FN2O2. The molecule has 0 unspecified atom stereocenters. The van der Waals surface area contributed by atoms with Gasteiger partial charge in [-0.1, -0.05) is 6.92 Å². The summed E-state index contributed by atoms with van der Waals surface area (Å²) in [5.41, 5.74) is 6.95. The Hall–Kier alpha value is -1.49. The fraction of sp³-hybridized carbons (Fsp3) is 0.600. The van der Waals surface area contributed by atoms with E-state index in [1.54, 1.807) is 6.07 Å². The maximum atomic E-state index is 13.8. The zero-order valence-corrected chi connectivity index (χ0v) is 12.2. The molecule has 1 heterocycles. The molecule has 0 amide bonds. The van der Waals surface area contributed by atoms with Gasteiger partial charge >= 0.3 is 0 Å². The number of hydrogen-bond acceptors (Lipinski definition) is 4. The maximum Gasteiger partial charge on any atom is 0.167 e. The monoisotopic (exact) mass is 282 g/mol. The number of ether oxygens (including phenoxy) is 2. The molecule has 1 saturated heterocycles. The van der Waals surface area contributed by atoms with Gasteiger partial charge in [-0.25, -0.2) is 4.39 Å². The van der Waals surface area contributed by atoms with Crippen molar-refractivity contribution < 1.29 is 13.9 Å². The van der Waals surface area contributed by atoms with Crippen LogP contribution in [0.4, 0.5) is 15.8 Å². The molecule has 0 spiro atoms. The summed E-state index contributed by atoms with van der Waals surface area (Å²) in [7, 11) is 0. The van der Waals surface area contributed by atoms with Crippen LogP contribution in [0.1, 0.15) is 33.1 Å². The molecule has 3 N–H and O–H groups in total. The molecule has 1 aromatic carbocycles. The predicted molar refractivity (Wildman–Crippen MR) is 78.7 cm³/mol. The summed E-state index contributed by atoms with van der Waals surface area (Å²) < 4.78 is 24.6. The number of nitrogens with two attached hydrogens (primary N) is 1. The summed E-state index contributed by atoms with van der Waals surface area (Å²) in [4.78, 5) is 0. The van der Waals surface area contributed by atoms with Crippen LogP contribution in [-0.2, 0) is 4.74 Å². The van der Waals surface area contributed by atoms with Crippen LogP contribution in [0.5, 0.6) is 5.75 Å². The van der Waals surface area contributed by atoms with E-state index in [1.165, 1.54) is 6.07 Å². The molecule has 20 heavy (non-hydrogen) atoms. The number of rotatable bonds is 5. The molecule has 112 valence electrons. The molecule has 1 aliphatic heterocycles. The van der Waals surface area contributed by atoms with Crippen molar-refractivity contribution in [2.45, 2.75) is 38.6 Å². The van der Waals surface area contributed by atoms with Crippen molar-refractivity contribution >= 4 is 11.4 Å². The highest BCUT2D eigenvalue weighted by Gasteiger charge is 2.28. The van der Waals surface area contributed by atoms with Crippen LogP contribution in [0.3, 0.4) is 0 Å². The van der Waals surface area contributed by atoms with Crippen molar-refractivity contribution in [2.75, 3.05) is 30.9 Å². The van der Waals surface area contributed by atoms with E-state index in [1.807, 2.05) is 6.92 Å². The maximum absolute atomic E-state index is 13.8. The number of benzene rings is 1. The second-order valence-corrected chi connectivity index (χ2v) is 5.52. The van der Waals surface area contributed by atoms with Crippen LogP contribution in [0.2, 0.25) is 0 Å². The highest BCUT2D eigenvalue weighted by Crippen LogP contribution is 2.33. The SMILES string of the molecule is CCCOc1cc(NC2(C)CCOCC2)c(N)cc1F. The van der Waals surface area contributed by atoms with Crippen LogP contribution < -0.4 is 15.8 Å². The Bertz CT molecular complexity index is 459. The van der Waals surface area contributed by atoms with Crippen LogP contribution in [0, 0.1) is 5.82 Å². The molecule has 4 nitrogen and oxygen atoms in total. The van der Waals surface area contributed by atoms with E-state index in [0.29, 0.717) is 12.3 Å². The second kappa shape index (κ2) is 6.31. The number of nitrogens with one attached hydrogen (secondary N) is 1. The van der Waals surface area contributed by atoms with Gasteiger partial charge in [-0.3, -0.25) is 0 Å². The van der Waals surface area contributed by atoms with Gasteiger partial charge in [0.05, 0.1) is 18.0 Å². The summed E-state index contributed by atoms with van der Waals surface area (Å²) in [6, 6.07) is 2.97. The van der Waals surface area contributed by atoms with Gasteiger partial charge in [0.2, 0.25) is 0 Å². The first-order chi connectivity index (χ1) is 9.54. The first kappa shape index (κ1) is 14.9. The molecule has 0 radical (unpaired) electrons. The van der Waals surface area contributed by atoms with Gasteiger partial charge in [0.1, 0.15) is 0 Å². The van der Waals surface area contributed by atoms with Crippen molar-refractivity contribution in [2.24, 2.45) is 0 Å². The Kier molecular flexibility index (Phi) is 4.70.